The van der Waals surface area contributed by atoms with Crippen molar-refractivity contribution in [3.63, 3.8) is 0 Å². The number of piperazine rings is 1. The highest BCUT2D eigenvalue weighted by Gasteiger charge is 2.31. The molecule has 2 amide bonds. The second-order valence-electron chi connectivity index (χ2n) is 4.03. The molecule has 1 aliphatic rings. The molecule has 1 heterocycles. The molecule has 2 unspecified atom stereocenters. The molecule has 0 radical (unpaired) electrons. The zero-order valence-corrected chi connectivity index (χ0v) is 9.40. The highest BCUT2D eigenvalue weighted by atomic mass is 16.4. The van der Waals surface area contributed by atoms with E-state index >= 15 is 0 Å². The predicted octanol–water partition coefficient (Wildman–Crippen LogP) is -0.698. The van der Waals surface area contributed by atoms with Gasteiger partial charge in [0.1, 0.15) is 0 Å². The van der Waals surface area contributed by atoms with Crippen molar-refractivity contribution in [2.45, 2.75) is 13.8 Å². The van der Waals surface area contributed by atoms with Crippen molar-refractivity contribution < 1.29 is 19.5 Å². The molecule has 2 atom stereocenters. The van der Waals surface area contributed by atoms with Crippen LogP contribution in [0.1, 0.15) is 13.8 Å². The van der Waals surface area contributed by atoms with E-state index in [1.54, 1.807) is 6.92 Å². The van der Waals surface area contributed by atoms with Crippen molar-refractivity contribution in [2.75, 3.05) is 19.6 Å². The number of aliphatic carboxylic acids is 1. The largest absolute Gasteiger partial charge is 0.481 e. The molecule has 0 spiro atoms. The average Bonchev–Trinajstić information content (AvgIpc) is 2.26. The number of amides is 2. The fraction of sp³-hybridized carbons (Fsp3) is 0.700. The third kappa shape index (κ3) is 2.71. The second kappa shape index (κ2) is 4.96. The number of carbonyl (C=O) groups excluding carboxylic acids is 2. The van der Waals surface area contributed by atoms with Gasteiger partial charge in [-0.05, 0) is 0 Å². The zero-order valence-electron chi connectivity index (χ0n) is 9.40. The standard InChI is InChI=1S/C10H16N2O4/c1-6(7(2)10(15)16)9(14)12-4-3-11-8(13)5-12/h6-7H,3-5H2,1-2H3,(H,11,13)(H,15,16). The van der Waals surface area contributed by atoms with Crippen molar-refractivity contribution in [3.8, 4) is 0 Å². The van der Waals surface area contributed by atoms with Gasteiger partial charge in [-0.2, -0.15) is 0 Å². The molecule has 0 aromatic rings. The monoisotopic (exact) mass is 228 g/mol. The Hall–Kier alpha value is -1.59. The number of nitrogens with one attached hydrogen (secondary N) is 1. The molecule has 0 aliphatic carbocycles. The van der Waals surface area contributed by atoms with Gasteiger partial charge < -0.3 is 15.3 Å². The number of carbonyl (C=O) groups is 3. The van der Waals surface area contributed by atoms with Crippen molar-refractivity contribution in [1.29, 1.82) is 0 Å². The lowest BCUT2D eigenvalue weighted by atomic mass is 9.94. The number of carboxylic acids is 1. The smallest absolute Gasteiger partial charge is 0.307 e. The van der Waals surface area contributed by atoms with Gasteiger partial charge in [-0.25, -0.2) is 0 Å². The summed E-state index contributed by atoms with van der Waals surface area (Å²) in [4.78, 5) is 35.1. The van der Waals surface area contributed by atoms with Gasteiger partial charge in [-0.1, -0.05) is 13.8 Å². The number of hydrogen-bond acceptors (Lipinski definition) is 3. The highest BCUT2D eigenvalue weighted by molar-refractivity contribution is 5.89. The molecule has 0 saturated carbocycles. The molecule has 0 aromatic heterocycles. The lowest BCUT2D eigenvalue weighted by Gasteiger charge is -2.30. The molecule has 90 valence electrons. The van der Waals surface area contributed by atoms with Crippen LogP contribution in [-0.4, -0.2) is 47.4 Å². The van der Waals surface area contributed by atoms with Crippen LogP contribution in [0.25, 0.3) is 0 Å². The summed E-state index contributed by atoms with van der Waals surface area (Å²) >= 11 is 0. The maximum absolute atomic E-state index is 11.9. The molecule has 1 saturated heterocycles. The van der Waals surface area contributed by atoms with E-state index in [-0.39, 0.29) is 18.4 Å². The first-order valence-electron chi connectivity index (χ1n) is 5.21. The first-order chi connectivity index (χ1) is 7.43. The Morgan fingerprint density at radius 2 is 2.00 bits per heavy atom. The lowest BCUT2D eigenvalue weighted by molar-refractivity contribution is -0.150. The Labute approximate surface area is 93.6 Å². The minimum atomic E-state index is -0.998. The lowest BCUT2D eigenvalue weighted by Crippen LogP contribution is -2.52. The summed E-state index contributed by atoms with van der Waals surface area (Å²) in [7, 11) is 0. The van der Waals surface area contributed by atoms with E-state index in [0.717, 1.165) is 0 Å². The van der Waals surface area contributed by atoms with Crippen molar-refractivity contribution in [2.24, 2.45) is 11.8 Å². The summed E-state index contributed by atoms with van der Waals surface area (Å²) < 4.78 is 0. The molecule has 1 rings (SSSR count). The van der Waals surface area contributed by atoms with Gasteiger partial charge in [0.25, 0.3) is 0 Å². The van der Waals surface area contributed by atoms with Crippen LogP contribution in [0.4, 0.5) is 0 Å². The van der Waals surface area contributed by atoms with E-state index in [9.17, 15) is 14.4 Å². The number of hydrogen-bond donors (Lipinski definition) is 2. The Balaban J connectivity index is 2.62. The summed E-state index contributed by atoms with van der Waals surface area (Å²) in [5.41, 5.74) is 0. The van der Waals surface area contributed by atoms with E-state index in [0.29, 0.717) is 13.1 Å². The predicted molar refractivity (Wildman–Crippen MR) is 55.6 cm³/mol. The van der Waals surface area contributed by atoms with E-state index in [1.807, 2.05) is 0 Å². The fourth-order valence-electron chi connectivity index (χ4n) is 1.54. The molecule has 0 aromatic carbocycles. The van der Waals surface area contributed by atoms with E-state index < -0.39 is 17.8 Å². The van der Waals surface area contributed by atoms with Gasteiger partial charge in [0, 0.05) is 19.0 Å². The quantitative estimate of drug-likeness (QED) is 0.669. The van der Waals surface area contributed by atoms with Crippen molar-refractivity contribution >= 4 is 17.8 Å². The molecular weight excluding hydrogens is 212 g/mol. The molecule has 2 N–H and O–H groups in total. The van der Waals surface area contributed by atoms with E-state index in [1.165, 1.54) is 11.8 Å². The van der Waals surface area contributed by atoms with E-state index in [4.69, 9.17) is 5.11 Å². The van der Waals surface area contributed by atoms with Gasteiger partial charge in [0.05, 0.1) is 12.5 Å². The Morgan fingerprint density at radius 3 is 2.50 bits per heavy atom. The number of nitrogens with zero attached hydrogens (tertiary/aromatic N) is 1. The Bertz CT molecular complexity index is 310. The third-order valence-electron chi connectivity index (χ3n) is 2.88. The van der Waals surface area contributed by atoms with Crippen molar-refractivity contribution in [3.05, 3.63) is 0 Å². The van der Waals surface area contributed by atoms with E-state index in [2.05, 4.69) is 5.32 Å². The average molecular weight is 228 g/mol. The topological polar surface area (TPSA) is 86.7 Å². The summed E-state index contributed by atoms with van der Waals surface area (Å²) in [6.07, 6.45) is 0. The summed E-state index contributed by atoms with van der Waals surface area (Å²) in [6.45, 7) is 3.97. The Kier molecular flexibility index (Phi) is 3.87. The molecule has 1 aliphatic heterocycles. The van der Waals surface area contributed by atoms with Crippen LogP contribution in [0.5, 0.6) is 0 Å². The SMILES string of the molecule is CC(C(=O)O)C(C)C(=O)N1CCNC(=O)C1. The van der Waals surface area contributed by atoms with Crippen LogP contribution < -0.4 is 5.32 Å². The summed E-state index contributed by atoms with van der Waals surface area (Å²) in [6, 6.07) is 0. The van der Waals surface area contributed by atoms with Crippen LogP contribution in [0, 0.1) is 11.8 Å². The molecule has 6 heteroatoms. The Morgan fingerprint density at radius 1 is 1.38 bits per heavy atom. The minimum Gasteiger partial charge on any atom is -0.481 e. The number of rotatable bonds is 3. The van der Waals surface area contributed by atoms with Gasteiger partial charge in [-0.3, -0.25) is 14.4 Å². The summed E-state index contributed by atoms with van der Waals surface area (Å²) in [5, 5.41) is 11.4. The highest BCUT2D eigenvalue weighted by Crippen LogP contribution is 2.15. The van der Waals surface area contributed by atoms with Crippen molar-refractivity contribution in [1.82, 2.24) is 10.2 Å². The first kappa shape index (κ1) is 12.5. The normalized spacial score (nSPS) is 19.9. The van der Waals surface area contributed by atoms with Gasteiger partial charge in [-0.15, -0.1) is 0 Å². The molecular formula is C10H16N2O4. The molecule has 0 bridgehead atoms. The third-order valence-corrected chi connectivity index (χ3v) is 2.88. The van der Waals surface area contributed by atoms with Gasteiger partial charge in [0.2, 0.25) is 11.8 Å². The van der Waals surface area contributed by atoms with Gasteiger partial charge >= 0.3 is 5.97 Å². The molecule has 6 nitrogen and oxygen atoms in total. The maximum atomic E-state index is 11.9. The van der Waals surface area contributed by atoms with Gasteiger partial charge in [0.15, 0.2) is 0 Å². The minimum absolute atomic E-state index is 0.0233. The van der Waals surface area contributed by atoms with Crippen LogP contribution in [-0.2, 0) is 14.4 Å². The van der Waals surface area contributed by atoms with Crippen LogP contribution in [0.2, 0.25) is 0 Å². The van der Waals surface area contributed by atoms with Crippen LogP contribution in [0.15, 0.2) is 0 Å². The second-order valence-corrected chi connectivity index (χ2v) is 4.03. The first-order valence-corrected chi connectivity index (χ1v) is 5.21. The maximum Gasteiger partial charge on any atom is 0.307 e. The fourth-order valence-corrected chi connectivity index (χ4v) is 1.54. The van der Waals surface area contributed by atoms with Crippen LogP contribution in [0.3, 0.4) is 0 Å². The van der Waals surface area contributed by atoms with Crippen LogP contribution >= 0.6 is 0 Å². The summed E-state index contributed by atoms with van der Waals surface area (Å²) in [5.74, 6) is -2.82. The zero-order chi connectivity index (χ0) is 12.3. The number of carboxylic acid groups (broad SMARTS) is 1. The molecule has 16 heavy (non-hydrogen) atoms. The molecule has 1 fully saturated rings.